The minimum Gasteiger partial charge on any atom is -0.497 e. The summed E-state index contributed by atoms with van der Waals surface area (Å²) in [5, 5.41) is 0.250. The van der Waals surface area contributed by atoms with Gasteiger partial charge in [0.25, 0.3) is 5.91 Å². The van der Waals surface area contributed by atoms with E-state index in [1.807, 2.05) is 31.2 Å². The lowest BCUT2D eigenvalue weighted by molar-refractivity contribution is 0.0654. The summed E-state index contributed by atoms with van der Waals surface area (Å²) in [6.07, 6.45) is 3.29. The second-order valence-electron chi connectivity index (χ2n) is 7.27. The van der Waals surface area contributed by atoms with Gasteiger partial charge in [0.2, 0.25) is 0 Å². The summed E-state index contributed by atoms with van der Waals surface area (Å²) >= 11 is 6.27. The number of rotatable bonds is 7. The molecular weight excluding hydrogens is 398 g/mol. The molecule has 28 heavy (non-hydrogen) atoms. The Morgan fingerprint density at radius 1 is 1.21 bits per heavy atom. The molecule has 1 fully saturated rings. The fourth-order valence-electron chi connectivity index (χ4n) is 3.22. The molecule has 0 aliphatic heterocycles. The minimum absolute atomic E-state index is 0.0348. The maximum atomic E-state index is 13.4. The van der Waals surface area contributed by atoms with E-state index in [1.165, 1.54) is 18.2 Å². The lowest BCUT2D eigenvalue weighted by Crippen LogP contribution is -2.39. The quantitative estimate of drug-likeness (QED) is 0.672. The Hall–Kier alpha value is -2.05. The normalized spacial score (nSPS) is 15.1. The number of carbonyl (C=O) groups is 1. The maximum Gasteiger partial charge on any atom is 0.255 e. The van der Waals surface area contributed by atoms with Gasteiger partial charge in [0.1, 0.15) is 5.75 Å². The third-order valence-electron chi connectivity index (χ3n) is 5.17. The first-order valence-corrected chi connectivity index (χ1v) is 11.4. The Kier molecular flexibility index (Phi) is 6.01. The molecule has 0 spiro atoms. The van der Waals surface area contributed by atoms with E-state index in [0.29, 0.717) is 12.5 Å². The fraction of sp³-hybridized carbons (Fsp3) is 0.381. The molecule has 0 N–H and O–H groups in total. The van der Waals surface area contributed by atoms with Gasteiger partial charge in [0, 0.05) is 18.8 Å². The molecule has 0 aromatic heterocycles. The van der Waals surface area contributed by atoms with E-state index in [9.17, 15) is 13.2 Å². The summed E-state index contributed by atoms with van der Waals surface area (Å²) in [5.41, 5.74) is 1.18. The van der Waals surface area contributed by atoms with Gasteiger partial charge < -0.3 is 9.64 Å². The summed E-state index contributed by atoms with van der Waals surface area (Å²) < 4.78 is 29.0. The molecule has 7 heteroatoms. The van der Waals surface area contributed by atoms with Crippen LogP contribution in [0.1, 0.15) is 35.7 Å². The molecule has 0 radical (unpaired) electrons. The van der Waals surface area contributed by atoms with Gasteiger partial charge in [-0.25, -0.2) is 8.42 Å². The summed E-state index contributed by atoms with van der Waals surface area (Å²) in [4.78, 5) is 15.2. The maximum absolute atomic E-state index is 13.4. The van der Waals surface area contributed by atoms with Gasteiger partial charge in [0.15, 0.2) is 9.84 Å². The van der Waals surface area contributed by atoms with E-state index in [2.05, 4.69) is 0 Å². The van der Waals surface area contributed by atoms with Crippen LogP contribution in [0.25, 0.3) is 0 Å². The van der Waals surface area contributed by atoms with E-state index in [-0.39, 0.29) is 27.4 Å². The molecule has 0 heterocycles. The summed E-state index contributed by atoms with van der Waals surface area (Å²) in [7, 11) is -1.83. The highest BCUT2D eigenvalue weighted by atomic mass is 35.5. The first-order chi connectivity index (χ1) is 13.2. The summed E-state index contributed by atoms with van der Waals surface area (Å²) in [6, 6.07) is 11.9. The number of nitrogens with zero attached hydrogens (tertiary/aromatic N) is 1. The Balaban J connectivity index is 1.94. The van der Waals surface area contributed by atoms with Crippen molar-refractivity contribution in [2.24, 2.45) is 5.92 Å². The topological polar surface area (TPSA) is 63.7 Å². The van der Waals surface area contributed by atoms with Crippen molar-refractivity contribution in [3.8, 4) is 5.75 Å². The van der Waals surface area contributed by atoms with Gasteiger partial charge >= 0.3 is 0 Å². The van der Waals surface area contributed by atoms with Gasteiger partial charge in [-0.1, -0.05) is 23.7 Å². The molecular formula is C21H24ClNO4S. The van der Waals surface area contributed by atoms with Crippen LogP contribution in [0.4, 0.5) is 0 Å². The Bertz CT molecular complexity index is 968. The average molecular weight is 422 g/mol. The van der Waals surface area contributed by atoms with Crippen LogP contribution in [-0.2, 0) is 16.4 Å². The zero-order chi connectivity index (χ0) is 20.5. The molecule has 0 bridgehead atoms. The number of ether oxygens (including phenoxy) is 1. The number of halogens is 1. The van der Waals surface area contributed by atoms with E-state index in [0.717, 1.165) is 30.4 Å². The first kappa shape index (κ1) is 20.7. The second kappa shape index (κ2) is 8.13. The highest BCUT2D eigenvalue weighted by Crippen LogP contribution is 2.37. The van der Waals surface area contributed by atoms with E-state index in [4.69, 9.17) is 16.3 Å². The minimum atomic E-state index is -3.44. The standard InChI is InChI=1S/C21H24ClNO4S/c1-14(16-6-7-16)23(13-15-4-8-17(27-2)9-5-15)21(24)19-12-18(28(3,25)26)10-11-20(19)22/h4-5,8-12,14,16H,6-7,13H2,1-3H3. The van der Waals surface area contributed by atoms with Crippen LogP contribution in [-0.4, -0.2) is 38.6 Å². The number of amides is 1. The number of sulfone groups is 1. The molecule has 1 atom stereocenters. The summed E-state index contributed by atoms with van der Waals surface area (Å²) in [5.74, 6) is 0.950. The number of carbonyl (C=O) groups excluding carboxylic acids is 1. The van der Waals surface area contributed by atoms with E-state index in [1.54, 1.807) is 12.0 Å². The van der Waals surface area contributed by atoms with Crippen molar-refractivity contribution >= 4 is 27.3 Å². The molecule has 1 amide bonds. The zero-order valence-electron chi connectivity index (χ0n) is 16.2. The van der Waals surface area contributed by atoms with Crippen molar-refractivity contribution in [3.63, 3.8) is 0 Å². The van der Waals surface area contributed by atoms with Crippen molar-refractivity contribution in [1.29, 1.82) is 0 Å². The smallest absolute Gasteiger partial charge is 0.255 e. The third-order valence-corrected chi connectivity index (χ3v) is 6.60. The second-order valence-corrected chi connectivity index (χ2v) is 9.70. The number of hydrogen-bond acceptors (Lipinski definition) is 4. The van der Waals surface area contributed by atoms with Crippen LogP contribution in [0, 0.1) is 5.92 Å². The molecule has 5 nitrogen and oxygen atoms in total. The third kappa shape index (κ3) is 4.67. The molecule has 1 aliphatic rings. The largest absolute Gasteiger partial charge is 0.497 e. The Labute approximate surface area is 171 Å². The van der Waals surface area contributed by atoms with Crippen LogP contribution >= 0.6 is 11.6 Å². The van der Waals surface area contributed by atoms with Gasteiger partial charge in [-0.15, -0.1) is 0 Å². The fourth-order valence-corrected chi connectivity index (χ4v) is 4.06. The van der Waals surface area contributed by atoms with Gasteiger partial charge in [-0.2, -0.15) is 0 Å². The Morgan fingerprint density at radius 2 is 1.86 bits per heavy atom. The lowest BCUT2D eigenvalue weighted by Gasteiger charge is -2.30. The highest BCUT2D eigenvalue weighted by molar-refractivity contribution is 7.90. The number of hydrogen-bond donors (Lipinski definition) is 0. The molecule has 2 aromatic rings. The van der Waals surface area contributed by atoms with Crippen molar-refractivity contribution in [2.75, 3.05) is 13.4 Å². The van der Waals surface area contributed by atoms with Crippen molar-refractivity contribution in [2.45, 2.75) is 37.2 Å². The predicted octanol–water partition coefficient (Wildman–Crippen LogP) is 4.19. The molecule has 3 rings (SSSR count). The van der Waals surface area contributed by atoms with Crippen LogP contribution in [0.5, 0.6) is 5.75 Å². The molecule has 150 valence electrons. The summed E-state index contributed by atoms with van der Waals surface area (Å²) in [6.45, 7) is 2.45. The first-order valence-electron chi connectivity index (χ1n) is 9.14. The van der Waals surface area contributed by atoms with Crippen LogP contribution < -0.4 is 4.74 Å². The predicted molar refractivity (Wildman–Crippen MR) is 110 cm³/mol. The van der Waals surface area contributed by atoms with Crippen LogP contribution in [0.2, 0.25) is 5.02 Å². The highest BCUT2D eigenvalue weighted by Gasteiger charge is 2.35. The molecule has 1 saturated carbocycles. The van der Waals surface area contributed by atoms with Gasteiger partial charge in [0.05, 0.1) is 22.6 Å². The molecule has 1 unspecified atom stereocenters. The Morgan fingerprint density at radius 3 is 2.39 bits per heavy atom. The lowest BCUT2D eigenvalue weighted by atomic mass is 10.1. The van der Waals surface area contributed by atoms with Crippen molar-refractivity contribution < 1.29 is 17.9 Å². The number of benzene rings is 2. The van der Waals surface area contributed by atoms with Gasteiger partial charge in [-0.3, -0.25) is 4.79 Å². The molecule has 2 aromatic carbocycles. The van der Waals surface area contributed by atoms with Crippen molar-refractivity contribution in [1.82, 2.24) is 4.90 Å². The van der Waals surface area contributed by atoms with Gasteiger partial charge in [-0.05, 0) is 61.6 Å². The molecule has 1 aliphatic carbocycles. The van der Waals surface area contributed by atoms with Crippen LogP contribution in [0.15, 0.2) is 47.4 Å². The van der Waals surface area contributed by atoms with Crippen molar-refractivity contribution in [3.05, 3.63) is 58.6 Å². The number of methoxy groups -OCH3 is 1. The monoisotopic (exact) mass is 421 g/mol. The average Bonchev–Trinajstić information content (AvgIpc) is 3.50. The zero-order valence-corrected chi connectivity index (χ0v) is 17.8. The SMILES string of the molecule is COc1ccc(CN(C(=O)c2cc(S(C)(=O)=O)ccc2Cl)C(C)C2CC2)cc1. The van der Waals surface area contributed by atoms with E-state index < -0.39 is 9.84 Å². The van der Waals surface area contributed by atoms with E-state index >= 15 is 0 Å². The van der Waals surface area contributed by atoms with Crippen LogP contribution in [0.3, 0.4) is 0 Å². The molecule has 0 saturated heterocycles.